The van der Waals surface area contributed by atoms with Crippen molar-refractivity contribution in [1.29, 1.82) is 0 Å². The number of benzene rings is 2. The fourth-order valence-electron chi connectivity index (χ4n) is 2.46. The second-order valence-electron chi connectivity index (χ2n) is 6.12. The number of nitrogens with one attached hydrogen (secondary N) is 1. The zero-order valence-corrected chi connectivity index (χ0v) is 16.2. The van der Waals surface area contributed by atoms with E-state index in [1.807, 2.05) is 26.0 Å². The smallest absolute Gasteiger partial charge is 0.247 e. The van der Waals surface area contributed by atoms with Crippen LogP contribution in [-0.2, 0) is 16.4 Å². The van der Waals surface area contributed by atoms with Gasteiger partial charge in [-0.2, -0.15) is 0 Å². The number of nitrogens with zero attached hydrogens (tertiary/aromatic N) is 2. The molecule has 0 saturated carbocycles. The Morgan fingerprint density at radius 2 is 1.78 bits per heavy atom. The molecule has 0 atom stereocenters. The van der Waals surface area contributed by atoms with Gasteiger partial charge in [0.05, 0.1) is 12.0 Å². The average molecular weight is 387 g/mol. The van der Waals surface area contributed by atoms with Gasteiger partial charge in [0.15, 0.2) is 0 Å². The molecule has 142 valence electrons. The van der Waals surface area contributed by atoms with E-state index in [4.69, 9.17) is 9.15 Å². The van der Waals surface area contributed by atoms with Crippen molar-refractivity contribution in [1.82, 2.24) is 14.9 Å². The Kier molecular flexibility index (Phi) is 5.57. The summed E-state index contributed by atoms with van der Waals surface area (Å²) in [6.07, 6.45) is 0.299. The van der Waals surface area contributed by atoms with Gasteiger partial charge in [-0.1, -0.05) is 6.07 Å². The average Bonchev–Trinajstić information content (AvgIpc) is 3.12. The van der Waals surface area contributed by atoms with E-state index in [9.17, 15) is 8.42 Å². The molecule has 3 aromatic rings. The highest BCUT2D eigenvalue weighted by molar-refractivity contribution is 7.89. The van der Waals surface area contributed by atoms with Crippen molar-refractivity contribution in [2.75, 3.05) is 13.7 Å². The molecule has 0 radical (unpaired) electrons. The van der Waals surface area contributed by atoms with Gasteiger partial charge in [0.2, 0.25) is 21.8 Å². The van der Waals surface area contributed by atoms with Gasteiger partial charge in [-0.05, 0) is 61.4 Å². The molecule has 1 heterocycles. The summed E-state index contributed by atoms with van der Waals surface area (Å²) in [7, 11) is -1.98. The molecule has 0 fully saturated rings. The SMILES string of the molecule is COc1ccc(-c2nnc(CCNS(=O)(=O)c3ccc(C)c(C)c3)o2)cc1. The fraction of sp³-hybridized carbons (Fsp3) is 0.263. The van der Waals surface area contributed by atoms with Crippen LogP contribution in [0.15, 0.2) is 51.8 Å². The lowest BCUT2D eigenvalue weighted by Crippen LogP contribution is -2.26. The highest BCUT2D eigenvalue weighted by atomic mass is 32.2. The van der Waals surface area contributed by atoms with Gasteiger partial charge < -0.3 is 9.15 Å². The van der Waals surface area contributed by atoms with Crippen LogP contribution < -0.4 is 9.46 Å². The highest BCUT2D eigenvalue weighted by Gasteiger charge is 2.15. The van der Waals surface area contributed by atoms with E-state index in [1.165, 1.54) is 0 Å². The number of methoxy groups -OCH3 is 1. The standard InChI is InChI=1S/C19H21N3O4S/c1-13-4-9-17(12-14(13)2)27(23,24)20-11-10-18-21-22-19(26-18)15-5-7-16(25-3)8-6-15/h4-9,12,20H,10-11H2,1-3H3. The Hall–Kier alpha value is -2.71. The van der Waals surface area contributed by atoms with Crippen LogP contribution in [-0.4, -0.2) is 32.3 Å². The molecular weight excluding hydrogens is 366 g/mol. The third kappa shape index (κ3) is 4.53. The van der Waals surface area contributed by atoms with Crippen LogP contribution >= 0.6 is 0 Å². The number of hydrogen-bond donors (Lipinski definition) is 1. The zero-order chi connectivity index (χ0) is 19.4. The Morgan fingerprint density at radius 3 is 2.44 bits per heavy atom. The van der Waals surface area contributed by atoms with Gasteiger partial charge in [0.25, 0.3) is 0 Å². The molecule has 7 nitrogen and oxygen atoms in total. The summed E-state index contributed by atoms with van der Waals surface area (Å²) in [6, 6.07) is 12.3. The summed E-state index contributed by atoms with van der Waals surface area (Å²) < 4.78 is 38.0. The van der Waals surface area contributed by atoms with Crippen molar-refractivity contribution < 1.29 is 17.6 Å². The molecule has 0 aliphatic rings. The van der Waals surface area contributed by atoms with Crippen molar-refractivity contribution in [3.8, 4) is 17.2 Å². The topological polar surface area (TPSA) is 94.3 Å². The van der Waals surface area contributed by atoms with Crippen LogP contribution in [0.25, 0.3) is 11.5 Å². The third-order valence-corrected chi connectivity index (χ3v) is 5.68. The van der Waals surface area contributed by atoms with Crippen LogP contribution in [0.5, 0.6) is 5.75 Å². The Morgan fingerprint density at radius 1 is 1.04 bits per heavy atom. The minimum atomic E-state index is -3.58. The first-order valence-corrected chi connectivity index (χ1v) is 9.91. The van der Waals surface area contributed by atoms with Crippen LogP contribution in [0.3, 0.4) is 0 Å². The highest BCUT2D eigenvalue weighted by Crippen LogP contribution is 2.21. The first-order valence-electron chi connectivity index (χ1n) is 8.43. The molecular formula is C19H21N3O4S. The van der Waals surface area contributed by atoms with Crippen molar-refractivity contribution in [2.24, 2.45) is 0 Å². The van der Waals surface area contributed by atoms with Crippen molar-refractivity contribution in [2.45, 2.75) is 25.2 Å². The van der Waals surface area contributed by atoms with Crippen LogP contribution in [0.2, 0.25) is 0 Å². The Bertz CT molecular complexity index is 1030. The van der Waals surface area contributed by atoms with Gasteiger partial charge >= 0.3 is 0 Å². The molecule has 2 aromatic carbocycles. The molecule has 0 saturated heterocycles. The van der Waals surface area contributed by atoms with E-state index in [0.717, 1.165) is 22.4 Å². The molecule has 1 aromatic heterocycles. The maximum atomic E-state index is 12.4. The van der Waals surface area contributed by atoms with E-state index in [2.05, 4.69) is 14.9 Å². The summed E-state index contributed by atoms with van der Waals surface area (Å²) in [4.78, 5) is 0.245. The predicted molar refractivity (Wildman–Crippen MR) is 101 cm³/mol. The van der Waals surface area contributed by atoms with E-state index in [1.54, 1.807) is 37.4 Å². The fourth-order valence-corrected chi connectivity index (χ4v) is 3.58. The first kappa shape index (κ1) is 19.1. The predicted octanol–water partition coefficient (Wildman–Crippen LogP) is 2.88. The lowest BCUT2D eigenvalue weighted by atomic mass is 10.1. The van der Waals surface area contributed by atoms with E-state index in [0.29, 0.717) is 18.2 Å². The largest absolute Gasteiger partial charge is 0.497 e. The Labute approximate surface area is 158 Å². The lowest BCUT2D eigenvalue weighted by Gasteiger charge is -2.07. The Balaban J connectivity index is 1.62. The molecule has 1 N–H and O–H groups in total. The van der Waals surface area contributed by atoms with Crippen molar-refractivity contribution >= 4 is 10.0 Å². The van der Waals surface area contributed by atoms with Gasteiger partial charge in [-0.3, -0.25) is 0 Å². The van der Waals surface area contributed by atoms with Gasteiger partial charge in [-0.25, -0.2) is 13.1 Å². The molecule has 3 rings (SSSR count). The van der Waals surface area contributed by atoms with Gasteiger partial charge in [0, 0.05) is 18.5 Å². The molecule has 8 heteroatoms. The molecule has 0 bridgehead atoms. The van der Waals surface area contributed by atoms with Crippen LogP contribution in [0, 0.1) is 13.8 Å². The maximum absolute atomic E-state index is 12.4. The van der Waals surface area contributed by atoms with Crippen LogP contribution in [0.4, 0.5) is 0 Å². The normalized spacial score (nSPS) is 11.5. The van der Waals surface area contributed by atoms with Gasteiger partial charge in [0.1, 0.15) is 5.75 Å². The summed E-state index contributed by atoms with van der Waals surface area (Å²) in [5.41, 5.74) is 2.75. The van der Waals surface area contributed by atoms with Crippen molar-refractivity contribution in [3.05, 3.63) is 59.5 Å². The zero-order valence-electron chi connectivity index (χ0n) is 15.4. The third-order valence-electron chi connectivity index (χ3n) is 4.22. The summed E-state index contributed by atoms with van der Waals surface area (Å²) in [5, 5.41) is 7.97. The minimum absolute atomic E-state index is 0.166. The molecule has 0 unspecified atom stereocenters. The van der Waals surface area contributed by atoms with Crippen LogP contribution in [0.1, 0.15) is 17.0 Å². The second-order valence-corrected chi connectivity index (χ2v) is 7.89. The molecule has 0 amide bonds. The minimum Gasteiger partial charge on any atom is -0.497 e. The molecule has 27 heavy (non-hydrogen) atoms. The lowest BCUT2D eigenvalue weighted by molar-refractivity contribution is 0.415. The summed E-state index contributed by atoms with van der Waals surface area (Å²) in [5.74, 6) is 1.48. The monoisotopic (exact) mass is 387 g/mol. The van der Waals surface area contributed by atoms with Crippen molar-refractivity contribution in [3.63, 3.8) is 0 Å². The number of sulfonamides is 1. The number of rotatable bonds is 7. The number of aromatic nitrogens is 2. The van der Waals surface area contributed by atoms with E-state index in [-0.39, 0.29) is 11.4 Å². The molecule has 0 aliphatic heterocycles. The number of ether oxygens (including phenoxy) is 1. The van der Waals surface area contributed by atoms with Gasteiger partial charge in [-0.15, -0.1) is 10.2 Å². The van der Waals surface area contributed by atoms with E-state index >= 15 is 0 Å². The molecule has 0 aliphatic carbocycles. The molecule has 0 spiro atoms. The number of aryl methyl sites for hydroxylation is 2. The maximum Gasteiger partial charge on any atom is 0.247 e. The summed E-state index contributed by atoms with van der Waals surface area (Å²) >= 11 is 0. The number of hydrogen-bond acceptors (Lipinski definition) is 6. The quantitative estimate of drug-likeness (QED) is 0.670. The second kappa shape index (κ2) is 7.89. The summed E-state index contributed by atoms with van der Waals surface area (Å²) in [6.45, 7) is 3.99. The first-order chi connectivity index (χ1) is 12.9. The van der Waals surface area contributed by atoms with E-state index < -0.39 is 10.0 Å².